The van der Waals surface area contributed by atoms with E-state index in [0.717, 1.165) is 5.56 Å². The Morgan fingerprint density at radius 2 is 1.76 bits per heavy atom. The first-order valence-electron chi connectivity index (χ1n) is 5.40. The Morgan fingerprint density at radius 1 is 1.06 bits per heavy atom. The number of nitrogens with zero attached hydrogens (tertiary/aromatic N) is 1. The van der Waals surface area contributed by atoms with E-state index in [-0.39, 0.29) is 18.0 Å². The molecule has 1 aromatic carbocycles. The molecule has 0 bridgehead atoms. The van der Waals surface area contributed by atoms with E-state index < -0.39 is 0 Å². The van der Waals surface area contributed by atoms with Crippen molar-refractivity contribution in [3.05, 3.63) is 65.7 Å². The summed E-state index contributed by atoms with van der Waals surface area (Å²) in [5, 5.41) is 0. The lowest BCUT2D eigenvalue weighted by Crippen LogP contribution is -2.07. The standard InChI is InChI=1S/C14H12FNO/c15-14-4-2-1-3-12(14)10-13(17)9-11-5-7-16-8-6-11/h1-8H,9-10H2. The molecule has 2 nitrogen and oxygen atoms in total. The normalized spacial score (nSPS) is 10.2. The van der Waals surface area contributed by atoms with Crippen LogP contribution in [0.15, 0.2) is 48.8 Å². The highest BCUT2D eigenvalue weighted by atomic mass is 19.1. The Labute approximate surface area is 99.1 Å². The van der Waals surface area contributed by atoms with Gasteiger partial charge in [0.2, 0.25) is 0 Å². The second kappa shape index (κ2) is 5.34. The van der Waals surface area contributed by atoms with Crippen molar-refractivity contribution in [2.75, 3.05) is 0 Å². The summed E-state index contributed by atoms with van der Waals surface area (Å²) < 4.78 is 13.3. The van der Waals surface area contributed by atoms with Crippen LogP contribution >= 0.6 is 0 Å². The smallest absolute Gasteiger partial charge is 0.141 e. The fraction of sp³-hybridized carbons (Fsp3) is 0.143. The fourth-order valence-corrected chi connectivity index (χ4v) is 1.64. The molecule has 17 heavy (non-hydrogen) atoms. The lowest BCUT2D eigenvalue weighted by molar-refractivity contribution is -0.117. The van der Waals surface area contributed by atoms with Crippen molar-refractivity contribution < 1.29 is 9.18 Å². The highest BCUT2D eigenvalue weighted by Gasteiger charge is 2.08. The highest BCUT2D eigenvalue weighted by molar-refractivity contribution is 5.83. The van der Waals surface area contributed by atoms with Crippen molar-refractivity contribution in [3.8, 4) is 0 Å². The summed E-state index contributed by atoms with van der Waals surface area (Å²) in [4.78, 5) is 15.6. The minimum Gasteiger partial charge on any atom is -0.299 e. The van der Waals surface area contributed by atoms with Gasteiger partial charge in [-0.25, -0.2) is 4.39 Å². The van der Waals surface area contributed by atoms with Crippen molar-refractivity contribution in [2.45, 2.75) is 12.8 Å². The summed E-state index contributed by atoms with van der Waals surface area (Å²) in [7, 11) is 0. The fourth-order valence-electron chi connectivity index (χ4n) is 1.64. The van der Waals surface area contributed by atoms with Crippen LogP contribution in [-0.4, -0.2) is 10.8 Å². The van der Waals surface area contributed by atoms with E-state index in [2.05, 4.69) is 4.98 Å². The van der Waals surface area contributed by atoms with E-state index in [1.54, 1.807) is 42.7 Å². The molecular formula is C14H12FNO. The second-order valence-corrected chi connectivity index (χ2v) is 3.84. The topological polar surface area (TPSA) is 30.0 Å². The maximum atomic E-state index is 13.3. The zero-order valence-electron chi connectivity index (χ0n) is 9.27. The monoisotopic (exact) mass is 229 g/mol. The van der Waals surface area contributed by atoms with Gasteiger partial charge in [0, 0.05) is 25.2 Å². The van der Waals surface area contributed by atoms with E-state index in [0.29, 0.717) is 12.0 Å². The van der Waals surface area contributed by atoms with Crippen LogP contribution in [-0.2, 0) is 17.6 Å². The van der Waals surface area contributed by atoms with E-state index in [1.165, 1.54) is 6.07 Å². The highest BCUT2D eigenvalue weighted by Crippen LogP contribution is 2.09. The molecule has 0 spiro atoms. The average Bonchev–Trinajstić information content (AvgIpc) is 2.33. The van der Waals surface area contributed by atoms with Crippen LogP contribution in [0.25, 0.3) is 0 Å². The molecule has 0 atom stereocenters. The molecule has 0 amide bonds. The quantitative estimate of drug-likeness (QED) is 0.806. The van der Waals surface area contributed by atoms with Crippen LogP contribution < -0.4 is 0 Å². The predicted molar refractivity (Wildman–Crippen MR) is 63.1 cm³/mol. The van der Waals surface area contributed by atoms with Gasteiger partial charge in [0.1, 0.15) is 11.6 Å². The third kappa shape index (κ3) is 3.21. The summed E-state index contributed by atoms with van der Waals surface area (Å²) in [5.41, 5.74) is 1.35. The molecule has 0 N–H and O–H groups in total. The van der Waals surface area contributed by atoms with E-state index >= 15 is 0 Å². The largest absolute Gasteiger partial charge is 0.299 e. The minimum atomic E-state index is -0.324. The molecule has 0 unspecified atom stereocenters. The van der Waals surface area contributed by atoms with E-state index in [4.69, 9.17) is 0 Å². The van der Waals surface area contributed by atoms with Crippen molar-refractivity contribution >= 4 is 5.78 Å². The number of halogens is 1. The van der Waals surface area contributed by atoms with Crippen molar-refractivity contribution in [1.29, 1.82) is 0 Å². The summed E-state index contributed by atoms with van der Waals surface area (Å²) in [6.45, 7) is 0. The Morgan fingerprint density at radius 3 is 2.47 bits per heavy atom. The first-order chi connectivity index (χ1) is 8.25. The van der Waals surface area contributed by atoms with Crippen LogP contribution in [0.5, 0.6) is 0 Å². The van der Waals surface area contributed by atoms with Gasteiger partial charge in [0.15, 0.2) is 0 Å². The number of hydrogen-bond acceptors (Lipinski definition) is 2. The van der Waals surface area contributed by atoms with Crippen LogP contribution in [0.3, 0.4) is 0 Å². The zero-order chi connectivity index (χ0) is 12.1. The van der Waals surface area contributed by atoms with Gasteiger partial charge in [-0.15, -0.1) is 0 Å². The molecule has 3 heteroatoms. The summed E-state index contributed by atoms with van der Waals surface area (Å²) in [6.07, 6.45) is 3.74. The predicted octanol–water partition coefficient (Wildman–Crippen LogP) is 2.58. The molecule has 2 rings (SSSR count). The van der Waals surface area contributed by atoms with Crippen LogP contribution in [0.4, 0.5) is 4.39 Å². The third-order valence-corrected chi connectivity index (χ3v) is 2.50. The zero-order valence-corrected chi connectivity index (χ0v) is 9.27. The van der Waals surface area contributed by atoms with Gasteiger partial charge in [-0.1, -0.05) is 18.2 Å². The lowest BCUT2D eigenvalue weighted by Gasteiger charge is -2.02. The summed E-state index contributed by atoms with van der Waals surface area (Å²) >= 11 is 0. The van der Waals surface area contributed by atoms with E-state index in [1.807, 2.05) is 0 Å². The molecule has 0 aliphatic rings. The van der Waals surface area contributed by atoms with Crippen molar-refractivity contribution in [2.24, 2.45) is 0 Å². The summed E-state index contributed by atoms with van der Waals surface area (Å²) in [5.74, 6) is -0.322. The van der Waals surface area contributed by atoms with Crippen molar-refractivity contribution in [1.82, 2.24) is 4.98 Å². The van der Waals surface area contributed by atoms with Gasteiger partial charge in [-0.3, -0.25) is 9.78 Å². The molecule has 0 saturated heterocycles. The maximum Gasteiger partial charge on any atom is 0.141 e. The molecule has 0 saturated carbocycles. The van der Waals surface area contributed by atoms with Crippen LogP contribution in [0, 0.1) is 5.82 Å². The summed E-state index contributed by atoms with van der Waals surface area (Å²) in [6, 6.07) is 9.94. The number of carbonyl (C=O) groups excluding carboxylic acids is 1. The molecule has 0 aliphatic heterocycles. The van der Waals surface area contributed by atoms with Gasteiger partial charge in [0.25, 0.3) is 0 Å². The Hall–Kier alpha value is -2.03. The number of hydrogen-bond donors (Lipinski definition) is 0. The molecule has 86 valence electrons. The molecule has 1 aromatic heterocycles. The van der Waals surface area contributed by atoms with Gasteiger partial charge >= 0.3 is 0 Å². The third-order valence-electron chi connectivity index (χ3n) is 2.50. The van der Waals surface area contributed by atoms with Gasteiger partial charge in [-0.2, -0.15) is 0 Å². The van der Waals surface area contributed by atoms with Crippen molar-refractivity contribution in [3.63, 3.8) is 0 Å². The Kier molecular flexibility index (Phi) is 3.60. The molecule has 2 aromatic rings. The first-order valence-corrected chi connectivity index (χ1v) is 5.40. The molecule has 1 heterocycles. The Bertz CT molecular complexity index is 511. The number of pyridine rings is 1. The number of rotatable bonds is 4. The maximum absolute atomic E-state index is 13.3. The number of benzene rings is 1. The van der Waals surface area contributed by atoms with Gasteiger partial charge < -0.3 is 0 Å². The minimum absolute atomic E-state index is 0.00120. The number of carbonyl (C=O) groups is 1. The molecular weight excluding hydrogens is 217 g/mol. The number of ketones is 1. The van der Waals surface area contributed by atoms with Gasteiger partial charge in [-0.05, 0) is 29.3 Å². The van der Waals surface area contributed by atoms with Crippen LogP contribution in [0.2, 0.25) is 0 Å². The van der Waals surface area contributed by atoms with Crippen LogP contribution in [0.1, 0.15) is 11.1 Å². The number of Topliss-reactive ketones (excluding diaryl/α,β-unsaturated/α-hetero) is 1. The number of aromatic nitrogens is 1. The van der Waals surface area contributed by atoms with Gasteiger partial charge in [0.05, 0.1) is 0 Å². The first kappa shape index (κ1) is 11.5. The second-order valence-electron chi connectivity index (χ2n) is 3.84. The Balaban J connectivity index is 2.01. The molecule has 0 radical (unpaired) electrons. The SMILES string of the molecule is O=C(Cc1ccncc1)Cc1ccccc1F. The molecule has 0 aliphatic carbocycles. The lowest BCUT2D eigenvalue weighted by atomic mass is 10.0. The van der Waals surface area contributed by atoms with E-state index in [9.17, 15) is 9.18 Å². The molecule has 0 fully saturated rings. The average molecular weight is 229 g/mol.